The predicted octanol–water partition coefficient (Wildman–Crippen LogP) is 2.62. The fourth-order valence-corrected chi connectivity index (χ4v) is 2.53. The molecule has 1 unspecified atom stereocenters. The van der Waals surface area contributed by atoms with Crippen molar-refractivity contribution in [2.24, 2.45) is 5.73 Å². The predicted molar refractivity (Wildman–Crippen MR) is 76.8 cm³/mol. The largest absolute Gasteiger partial charge is 0.487 e. The molecular weight excluding hydrogens is 252 g/mol. The zero-order valence-electron chi connectivity index (χ0n) is 11.5. The maximum atomic E-state index is 6.03. The van der Waals surface area contributed by atoms with E-state index in [2.05, 4.69) is 17.1 Å². The molecule has 0 spiro atoms. The Balaban J connectivity index is 1.69. The molecule has 2 N–H and O–H groups in total. The Hall–Kier alpha value is -2.07. The Bertz CT molecular complexity index is 613. The van der Waals surface area contributed by atoms with E-state index in [1.807, 2.05) is 24.3 Å². The number of aryl methyl sites for hydroxylation is 1. The molecule has 0 bridgehead atoms. The Labute approximate surface area is 118 Å². The highest BCUT2D eigenvalue weighted by molar-refractivity contribution is 5.40. The van der Waals surface area contributed by atoms with Gasteiger partial charge in [-0.1, -0.05) is 12.1 Å². The summed E-state index contributed by atoms with van der Waals surface area (Å²) in [6.07, 6.45) is 2.06. The van der Waals surface area contributed by atoms with Crippen LogP contribution < -0.4 is 15.2 Å². The van der Waals surface area contributed by atoms with Crippen LogP contribution in [0.1, 0.15) is 29.3 Å². The van der Waals surface area contributed by atoms with Crippen LogP contribution in [-0.2, 0) is 13.0 Å². The van der Waals surface area contributed by atoms with Gasteiger partial charge in [0.15, 0.2) is 0 Å². The summed E-state index contributed by atoms with van der Waals surface area (Å²) < 4.78 is 10.9. The quantitative estimate of drug-likeness (QED) is 0.927. The lowest BCUT2D eigenvalue weighted by Crippen LogP contribution is -2.05. The molecule has 1 atom stereocenters. The van der Waals surface area contributed by atoms with Gasteiger partial charge in [-0.2, -0.15) is 0 Å². The Morgan fingerprint density at radius 1 is 1.30 bits per heavy atom. The maximum Gasteiger partial charge on any atom is 0.213 e. The first-order valence-electron chi connectivity index (χ1n) is 6.77. The van der Waals surface area contributed by atoms with Gasteiger partial charge < -0.3 is 15.2 Å². The number of hydrogen-bond donors (Lipinski definition) is 1. The number of hydrogen-bond acceptors (Lipinski definition) is 4. The van der Waals surface area contributed by atoms with Crippen molar-refractivity contribution in [3.8, 4) is 11.6 Å². The van der Waals surface area contributed by atoms with E-state index in [0.717, 1.165) is 24.3 Å². The van der Waals surface area contributed by atoms with Gasteiger partial charge in [-0.25, -0.2) is 4.98 Å². The molecule has 104 valence electrons. The lowest BCUT2D eigenvalue weighted by molar-refractivity contribution is 0.298. The first kappa shape index (κ1) is 12.9. The molecule has 0 saturated heterocycles. The molecule has 2 aromatic rings. The molecule has 0 aliphatic heterocycles. The minimum atomic E-state index is 0.180. The molecule has 4 heteroatoms. The van der Waals surface area contributed by atoms with Crippen LogP contribution in [0, 0.1) is 0 Å². The van der Waals surface area contributed by atoms with Crippen LogP contribution in [0.2, 0.25) is 0 Å². The summed E-state index contributed by atoms with van der Waals surface area (Å²) in [5, 5.41) is 0. The molecule has 0 amide bonds. The van der Waals surface area contributed by atoms with E-state index in [1.165, 1.54) is 11.1 Å². The van der Waals surface area contributed by atoms with Crippen LogP contribution >= 0.6 is 0 Å². The van der Waals surface area contributed by atoms with Crippen LogP contribution in [0.4, 0.5) is 0 Å². The second kappa shape index (κ2) is 5.51. The molecule has 4 nitrogen and oxygen atoms in total. The minimum absolute atomic E-state index is 0.180. The van der Waals surface area contributed by atoms with Crippen molar-refractivity contribution in [2.45, 2.75) is 25.5 Å². The molecule has 1 aromatic carbocycles. The van der Waals surface area contributed by atoms with Crippen molar-refractivity contribution < 1.29 is 9.47 Å². The number of pyridine rings is 1. The van der Waals surface area contributed by atoms with E-state index in [1.54, 1.807) is 7.11 Å². The van der Waals surface area contributed by atoms with Crippen molar-refractivity contribution in [3.63, 3.8) is 0 Å². The van der Waals surface area contributed by atoms with Gasteiger partial charge in [0.1, 0.15) is 12.4 Å². The number of aromatic nitrogens is 1. The number of benzene rings is 1. The number of nitrogens with zero attached hydrogens (tertiary/aromatic N) is 1. The first-order chi connectivity index (χ1) is 9.76. The molecule has 0 fully saturated rings. The molecule has 20 heavy (non-hydrogen) atoms. The Morgan fingerprint density at radius 2 is 2.20 bits per heavy atom. The van der Waals surface area contributed by atoms with Gasteiger partial charge in [-0.3, -0.25) is 0 Å². The molecule has 3 rings (SSSR count). The molecule has 1 aliphatic carbocycles. The SMILES string of the molecule is COc1cccc(COc2ccc3c(c2)CCC3N)n1. The standard InChI is InChI=1S/C16H18N2O2/c1-19-16-4-2-3-12(18-16)10-20-13-6-7-14-11(9-13)5-8-15(14)17/h2-4,6-7,9,15H,5,8,10,17H2,1H3. The van der Waals surface area contributed by atoms with E-state index in [4.69, 9.17) is 15.2 Å². The first-order valence-corrected chi connectivity index (χ1v) is 6.77. The van der Waals surface area contributed by atoms with Gasteiger partial charge in [-0.05, 0) is 42.2 Å². The minimum Gasteiger partial charge on any atom is -0.487 e. The monoisotopic (exact) mass is 270 g/mol. The molecule has 1 aliphatic rings. The van der Waals surface area contributed by atoms with Crippen LogP contribution in [0.25, 0.3) is 0 Å². The number of rotatable bonds is 4. The highest BCUT2D eigenvalue weighted by Gasteiger charge is 2.19. The normalized spacial score (nSPS) is 16.8. The zero-order chi connectivity index (χ0) is 13.9. The van der Waals surface area contributed by atoms with Gasteiger partial charge in [0.05, 0.1) is 12.8 Å². The van der Waals surface area contributed by atoms with Crippen molar-refractivity contribution in [1.29, 1.82) is 0 Å². The van der Waals surface area contributed by atoms with E-state index in [9.17, 15) is 0 Å². The van der Waals surface area contributed by atoms with Crippen LogP contribution in [0.3, 0.4) is 0 Å². The summed E-state index contributed by atoms with van der Waals surface area (Å²) in [5.41, 5.74) is 9.42. The number of ether oxygens (including phenoxy) is 2. The van der Waals surface area contributed by atoms with Gasteiger partial charge in [0.2, 0.25) is 5.88 Å². The number of fused-ring (bicyclic) bond motifs is 1. The number of methoxy groups -OCH3 is 1. The molecular formula is C16H18N2O2. The second-order valence-electron chi connectivity index (χ2n) is 4.97. The van der Waals surface area contributed by atoms with E-state index in [0.29, 0.717) is 12.5 Å². The lowest BCUT2D eigenvalue weighted by atomic mass is 10.1. The van der Waals surface area contributed by atoms with Gasteiger partial charge in [0.25, 0.3) is 0 Å². The molecule has 0 saturated carbocycles. The third-order valence-electron chi connectivity index (χ3n) is 3.62. The molecule has 1 aromatic heterocycles. The average molecular weight is 270 g/mol. The highest BCUT2D eigenvalue weighted by Crippen LogP contribution is 2.32. The third-order valence-corrected chi connectivity index (χ3v) is 3.62. The summed E-state index contributed by atoms with van der Waals surface area (Å²) in [6, 6.07) is 12.0. The van der Waals surface area contributed by atoms with Gasteiger partial charge in [0, 0.05) is 12.1 Å². The van der Waals surface area contributed by atoms with Crippen molar-refractivity contribution >= 4 is 0 Å². The topological polar surface area (TPSA) is 57.4 Å². The highest BCUT2D eigenvalue weighted by atomic mass is 16.5. The van der Waals surface area contributed by atoms with E-state index >= 15 is 0 Å². The summed E-state index contributed by atoms with van der Waals surface area (Å²) in [7, 11) is 1.61. The zero-order valence-corrected chi connectivity index (χ0v) is 11.5. The second-order valence-corrected chi connectivity index (χ2v) is 4.97. The summed E-state index contributed by atoms with van der Waals surface area (Å²) in [5.74, 6) is 1.47. The average Bonchev–Trinajstić information content (AvgIpc) is 2.86. The summed E-state index contributed by atoms with van der Waals surface area (Å²) in [6.45, 7) is 0.433. The lowest BCUT2D eigenvalue weighted by Gasteiger charge is -2.09. The van der Waals surface area contributed by atoms with E-state index < -0.39 is 0 Å². The van der Waals surface area contributed by atoms with Crippen LogP contribution in [-0.4, -0.2) is 12.1 Å². The van der Waals surface area contributed by atoms with Gasteiger partial charge in [-0.15, -0.1) is 0 Å². The fraction of sp³-hybridized carbons (Fsp3) is 0.312. The fourth-order valence-electron chi connectivity index (χ4n) is 2.53. The van der Waals surface area contributed by atoms with Crippen molar-refractivity contribution in [3.05, 3.63) is 53.2 Å². The van der Waals surface area contributed by atoms with Crippen molar-refractivity contribution in [1.82, 2.24) is 4.98 Å². The summed E-state index contributed by atoms with van der Waals surface area (Å²) >= 11 is 0. The Kier molecular flexibility index (Phi) is 3.56. The van der Waals surface area contributed by atoms with Crippen LogP contribution in [0.5, 0.6) is 11.6 Å². The van der Waals surface area contributed by atoms with Gasteiger partial charge >= 0.3 is 0 Å². The molecule has 1 heterocycles. The third kappa shape index (κ3) is 2.60. The smallest absolute Gasteiger partial charge is 0.213 e. The number of nitrogens with two attached hydrogens (primary N) is 1. The Morgan fingerprint density at radius 3 is 3.05 bits per heavy atom. The van der Waals surface area contributed by atoms with E-state index in [-0.39, 0.29) is 6.04 Å². The van der Waals surface area contributed by atoms with Crippen LogP contribution in [0.15, 0.2) is 36.4 Å². The van der Waals surface area contributed by atoms with Crippen molar-refractivity contribution in [2.75, 3.05) is 7.11 Å². The summed E-state index contributed by atoms with van der Waals surface area (Å²) in [4.78, 5) is 4.32. The maximum absolute atomic E-state index is 6.03. The molecule has 0 radical (unpaired) electrons.